The van der Waals surface area contributed by atoms with Crippen LogP contribution in [0.2, 0.25) is 0 Å². The molecule has 0 saturated heterocycles. The van der Waals surface area contributed by atoms with Gasteiger partial charge in [0.05, 0.1) is 17.6 Å². The second-order valence-corrected chi connectivity index (χ2v) is 5.03. The zero-order valence-corrected chi connectivity index (χ0v) is 11.2. The molecular weight excluding hydrogens is 294 g/mol. The number of nitrogens with one attached hydrogen (secondary N) is 2. The molecule has 0 aliphatic carbocycles. The van der Waals surface area contributed by atoms with Gasteiger partial charge in [-0.25, -0.2) is 4.98 Å². The molecule has 0 bridgehead atoms. The fraction of sp³-hybridized carbons (Fsp3) is 0.0769. The number of nitrogens with zero attached hydrogens (tertiary/aromatic N) is 1. The molecule has 1 aliphatic rings. The molecule has 5 heteroatoms. The summed E-state index contributed by atoms with van der Waals surface area (Å²) >= 11 is 3.42. The third-order valence-electron chi connectivity index (χ3n) is 2.91. The molecule has 4 nitrogen and oxygen atoms in total. The number of H-pyrrole nitrogens is 1. The van der Waals surface area contributed by atoms with Gasteiger partial charge < -0.3 is 10.3 Å². The molecule has 1 amide bonds. The Hall–Kier alpha value is -1.88. The number of rotatable bonds is 1. The summed E-state index contributed by atoms with van der Waals surface area (Å²) in [5.74, 6) is -0.0921. The van der Waals surface area contributed by atoms with E-state index >= 15 is 0 Å². The van der Waals surface area contributed by atoms with E-state index < -0.39 is 0 Å². The van der Waals surface area contributed by atoms with Gasteiger partial charge in [0.1, 0.15) is 0 Å². The summed E-state index contributed by atoms with van der Waals surface area (Å²) in [6.45, 7) is 1.92. The van der Waals surface area contributed by atoms with E-state index in [0.29, 0.717) is 5.57 Å². The van der Waals surface area contributed by atoms with E-state index in [1.807, 2.05) is 25.1 Å². The maximum atomic E-state index is 11.9. The Morgan fingerprint density at radius 2 is 2.22 bits per heavy atom. The number of hydrogen-bond acceptors (Lipinski definition) is 2. The lowest BCUT2D eigenvalue weighted by atomic mass is 10.1. The van der Waals surface area contributed by atoms with Crippen molar-refractivity contribution in [1.29, 1.82) is 0 Å². The summed E-state index contributed by atoms with van der Waals surface area (Å²) in [6.07, 6.45) is 3.43. The minimum Gasteiger partial charge on any atom is -0.348 e. The first-order valence-corrected chi connectivity index (χ1v) is 6.27. The van der Waals surface area contributed by atoms with E-state index in [1.54, 1.807) is 12.4 Å². The normalized spacial score (nSPS) is 15.9. The van der Waals surface area contributed by atoms with Gasteiger partial charge in [-0.1, -0.05) is 15.9 Å². The lowest BCUT2D eigenvalue weighted by Gasteiger charge is -1.98. The van der Waals surface area contributed by atoms with Crippen LogP contribution < -0.4 is 5.32 Å². The number of aromatic nitrogens is 2. The Labute approximate surface area is 112 Å². The maximum Gasteiger partial charge on any atom is 0.256 e. The van der Waals surface area contributed by atoms with Gasteiger partial charge in [0, 0.05) is 21.4 Å². The molecule has 0 atom stereocenters. The third kappa shape index (κ3) is 1.76. The van der Waals surface area contributed by atoms with Crippen LogP contribution in [0.15, 0.2) is 29.0 Å². The standard InChI is InChI=1S/C13H10BrN3O/c1-7-12(16-6-15-7)5-10-9-4-8(14)2-3-11(9)17-13(10)18/h2-6H,1H3,(H,15,16)(H,17,18). The summed E-state index contributed by atoms with van der Waals surface area (Å²) < 4.78 is 0.947. The number of halogens is 1. The van der Waals surface area contributed by atoms with E-state index in [0.717, 1.165) is 27.1 Å². The molecular formula is C13H10BrN3O. The van der Waals surface area contributed by atoms with Gasteiger partial charge in [0.2, 0.25) is 0 Å². The predicted molar refractivity (Wildman–Crippen MR) is 74.0 cm³/mol. The van der Waals surface area contributed by atoms with Crippen LogP contribution in [0.1, 0.15) is 17.0 Å². The van der Waals surface area contributed by atoms with Crippen LogP contribution in [0.25, 0.3) is 11.6 Å². The highest BCUT2D eigenvalue weighted by Gasteiger charge is 2.24. The molecule has 2 aromatic rings. The van der Waals surface area contributed by atoms with Crippen LogP contribution in [0.4, 0.5) is 5.69 Å². The van der Waals surface area contributed by atoms with Gasteiger partial charge in [0.25, 0.3) is 5.91 Å². The molecule has 0 radical (unpaired) electrons. The molecule has 0 spiro atoms. The number of aromatic amines is 1. The minimum absolute atomic E-state index is 0.0921. The van der Waals surface area contributed by atoms with Crippen molar-refractivity contribution in [3.05, 3.63) is 46.0 Å². The summed E-state index contributed by atoms with van der Waals surface area (Å²) in [4.78, 5) is 19.1. The van der Waals surface area contributed by atoms with Gasteiger partial charge >= 0.3 is 0 Å². The van der Waals surface area contributed by atoms with Crippen molar-refractivity contribution < 1.29 is 4.79 Å². The van der Waals surface area contributed by atoms with E-state index in [9.17, 15) is 4.79 Å². The monoisotopic (exact) mass is 303 g/mol. The number of hydrogen-bond donors (Lipinski definition) is 2. The van der Waals surface area contributed by atoms with Crippen molar-refractivity contribution in [2.45, 2.75) is 6.92 Å². The average Bonchev–Trinajstić information content (AvgIpc) is 2.86. The molecule has 1 aromatic carbocycles. The summed E-state index contributed by atoms with van der Waals surface area (Å²) in [5.41, 5.74) is 4.10. The number of anilines is 1. The van der Waals surface area contributed by atoms with Crippen molar-refractivity contribution >= 4 is 39.2 Å². The lowest BCUT2D eigenvalue weighted by Crippen LogP contribution is -2.03. The van der Waals surface area contributed by atoms with Gasteiger partial charge in [-0.3, -0.25) is 4.79 Å². The molecule has 2 N–H and O–H groups in total. The number of carbonyl (C=O) groups excluding carboxylic acids is 1. The van der Waals surface area contributed by atoms with Crippen molar-refractivity contribution in [1.82, 2.24) is 9.97 Å². The van der Waals surface area contributed by atoms with E-state index in [2.05, 4.69) is 31.2 Å². The van der Waals surface area contributed by atoms with E-state index in [1.165, 1.54) is 0 Å². The highest BCUT2D eigenvalue weighted by molar-refractivity contribution is 9.10. The molecule has 1 aliphatic heterocycles. The molecule has 3 rings (SSSR count). The van der Waals surface area contributed by atoms with Gasteiger partial charge in [0.15, 0.2) is 0 Å². The highest BCUT2D eigenvalue weighted by atomic mass is 79.9. The molecule has 1 aromatic heterocycles. The van der Waals surface area contributed by atoms with Crippen LogP contribution in [-0.4, -0.2) is 15.9 Å². The second kappa shape index (κ2) is 4.10. The van der Waals surface area contributed by atoms with Gasteiger partial charge in [-0.15, -0.1) is 0 Å². The fourth-order valence-corrected chi connectivity index (χ4v) is 2.32. The third-order valence-corrected chi connectivity index (χ3v) is 3.41. The van der Waals surface area contributed by atoms with Crippen LogP contribution in [-0.2, 0) is 4.79 Å². The SMILES string of the molecule is Cc1[nH]cnc1C=C1C(=O)Nc2ccc(Br)cc21. The number of fused-ring (bicyclic) bond motifs is 1. The quantitative estimate of drug-likeness (QED) is 0.796. The van der Waals surface area contributed by atoms with Crippen LogP contribution >= 0.6 is 15.9 Å². The Kier molecular flexibility index (Phi) is 2.56. The number of benzene rings is 1. The van der Waals surface area contributed by atoms with Gasteiger partial charge in [-0.2, -0.15) is 0 Å². The predicted octanol–water partition coefficient (Wildman–Crippen LogP) is 2.97. The average molecular weight is 304 g/mol. The molecule has 0 unspecified atom stereocenters. The van der Waals surface area contributed by atoms with Crippen LogP contribution in [0.5, 0.6) is 0 Å². The number of amides is 1. The zero-order chi connectivity index (χ0) is 12.7. The lowest BCUT2D eigenvalue weighted by molar-refractivity contribution is -0.110. The first kappa shape index (κ1) is 11.2. The van der Waals surface area contributed by atoms with Crippen molar-refractivity contribution in [2.24, 2.45) is 0 Å². The highest BCUT2D eigenvalue weighted by Crippen LogP contribution is 2.34. The molecule has 0 saturated carbocycles. The Morgan fingerprint density at radius 3 is 2.94 bits per heavy atom. The number of aryl methyl sites for hydroxylation is 1. The Morgan fingerprint density at radius 1 is 1.39 bits per heavy atom. The topological polar surface area (TPSA) is 57.8 Å². The first-order chi connectivity index (χ1) is 8.65. The zero-order valence-electron chi connectivity index (χ0n) is 9.62. The van der Waals surface area contributed by atoms with Crippen molar-refractivity contribution in [2.75, 3.05) is 5.32 Å². The molecule has 18 heavy (non-hydrogen) atoms. The smallest absolute Gasteiger partial charge is 0.256 e. The number of carbonyl (C=O) groups is 1. The summed E-state index contributed by atoms with van der Waals surface area (Å²) in [5, 5.41) is 2.84. The van der Waals surface area contributed by atoms with Gasteiger partial charge in [-0.05, 0) is 31.2 Å². The molecule has 90 valence electrons. The Balaban J connectivity index is 2.14. The largest absolute Gasteiger partial charge is 0.348 e. The fourth-order valence-electron chi connectivity index (χ4n) is 1.96. The summed E-state index contributed by atoms with van der Waals surface area (Å²) in [6, 6.07) is 5.72. The maximum absolute atomic E-state index is 11.9. The second-order valence-electron chi connectivity index (χ2n) is 4.11. The molecule has 0 fully saturated rings. The number of imidazole rings is 1. The van der Waals surface area contributed by atoms with Crippen LogP contribution in [0.3, 0.4) is 0 Å². The van der Waals surface area contributed by atoms with E-state index in [4.69, 9.17) is 0 Å². The van der Waals surface area contributed by atoms with E-state index in [-0.39, 0.29) is 5.91 Å². The summed E-state index contributed by atoms with van der Waals surface area (Å²) in [7, 11) is 0. The first-order valence-electron chi connectivity index (χ1n) is 5.48. The van der Waals surface area contributed by atoms with Crippen molar-refractivity contribution in [3.63, 3.8) is 0 Å². The molecule has 2 heterocycles. The van der Waals surface area contributed by atoms with Crippen molar-refractivity contribution in [3.8, 4) is 0 Å². The Bertz CT molecular complexity index is 673. The van der Waals surface area contributed by atoms with Crippen LogP contribution in [0, 0.1) is 6.92 Å². The minimum atomic E-state index is -0.0921.